The average molecular weight is 290 g/mol. The van der Waals surface area contributed by atoms with Gasteiger partial charge in [-0.3, -0.25) is 0 Å². The molecule has 0 saturated heterocycles. The topological polar surface area (TPSA) is 49.8 Å². The molecule has 62 valence electrons. The molecule has 1 aromatic carbocycles. The Hall–Kier alpha value is -0.530. The zero-order valence-electron chi connectivity index (χ0n) is 6.14. The Kier molecular flexibility index (Phi) is 3.12. The highest BCUT2D eigenvalue weighted by atomic mass is 79.9. The molecule has 0 amide bonds. The van der Waals surface area contributed by atoms with Gasteiger partial charge in [-0.15, -0.1) is 0 Å². The van der Waals surface area contributed by atoms with Gasteiger partial charge in [0.05, 0.1) is 17.0 Å². The van der Waals surface area contributed by atoms with Crippen molar-refractivity contribution in [1.29, 1.82) is 5.26 Å². The van der Waals surface area contributed by atoms with Crippen molar-refractivity contribution in [3.05, 3.63) is 26.6 Å². The van der Waals surface area contributed by atoms with E-state index in [1.807, 2.05) is 6.07 Å². The van der Waals surface area contributed by atoms with Crippen LogP contribution in [0.1, 0.15) is 5.56 Å². The summed E-state index contributed by atoms with van der Waals surface area (Å²) in [6.07, 6.45) is 0.385. The normalized spacial score (nSPS) is 9.42. The van der Waals surface area contributed by atoms with Crippen LogP contribution in [0, 0.1) is 11.3 Å². The Balaban J connectivity index is 3.14. The third-order valence-electron chi connectivity index (χ3n) is 1.40. The van der Waals surface area contributed by atoms with Gasteiger partial charge in [0, 0.05) is 10.2 Å². The van der Waals surface area contributed by atoms with Gasteiger partial charge in [-0.05, 0) is 49.6 Å². The summed E-state index contributed by atoms with van der Waals surface area (Å²) in [4.78, 5) is 0. The van der Waals surface area contributed by atoms with Gasteiger partial charge >= 0.3 is 0 Å². The van der Waals surface area contributed by atoms with Gasteiger partial charge in [0.1, 0.15) is 0 Å². The van der Waals surface area contributed by atoms with Crippen molar-refractivity contribution in [2.24, 2.45) is 0 Å². The van der Waals surface area contributed by atoms with E-state index in [2.05, 4.69) is 37.9 Å². The maximum Gasteiger partial charge on any atom is 0.0669 e. The largest absolute Gasteiger partial charge is 0.398 e. The first-order valence-corrected chi connectivity index (χ1v) is 4.84. The van der Waals surface area contributed by atoms with Gasteiger partial charge in [-0.2, -0.15) is 5.26 Å². The van der Waals surface area contributed by atoms with E-state index in [1.54, 1.807) is 6.07 Å². The monoisotopic (exact) mass is 288 g/mol. The Labute approximate surface area is 87.6 Å². The Morgan fingerprint density at radius 1 is 1.42 bits per heavy atom. The number of halogens is 2. The van der Waals surface area contributed by atoms with Crippen LogP contribution in [0.4, 0.5) is 5.69 Å². The number of nitrogen functional groups attached to an aromatic ring is 1. The molecule has 0 unspecified atom stereocenters. The van der Waals surface area contributed by atoms with E-state index in [9.17, 15) is 0 Å². The molecule has 2 N–H and O–H groups in total. The number of benzene rings is 1. The molecule has 0 saturated carbocycles. The van der Waals surface area contributed by atoms with Crippen molar-refractivity contribution in [3.63, 3.8) is 0 Å². The molecule has 2 nitrogen and oxygen atoms in total. The van der Waals surface area contributed by atoms with Crippen LogP contribution in [0.15, 0.2) is 21.1 Å². The molecule has 0 aliphatic rings. The van der Waals surface area contributed by atoms with E-state index in [0.717, 1.165) is 14.5 Å². The number of rotatable bonds is 1. The molecule has 0 fully saturated rings. The van der Waals surface area contributed by atoms with Gasteiger partial charge in [0.2, 0.25) is 0 Å². The van der Waals surface area contributed by atoms with Crippen LogP contribution in [0.2, 0.25) is 0 Å². The molecule has 4 heteroatoms. The predicted molar refractivity (Wildman–Crippen MR) is 55.6 cm³/mol. The van der Waals surface area contributed by atoms with Gasteiger partial charge in [-0.25, -0.2) is 0 Å². The summed E-state index contributed by atoms with van der Waals surface area (Å²) in [5, 5.41) is 8.45. The summed E-state index contributed by atoms with van der Waals surface area (Å²) in [6.45, 7) is 0. The first-order valence-electron chi connectivity index (χ1n) is 3.25. The lowest BCUT2D eigenvalue weighted by molar-refractivity contribution is 1.25. The Morgan fingerprint density at radius 3 is 2.58 bits per heavy atom. The lowest BCUT2D eigenvalue weighted by Crippen LogP contribution is -1.90. The third-order valence-corrected chi connectivity index (χ3v) is 3.44. The van der Waals surface area contributed by atoms with Gasteiger partial charge in [0.25, 0.3) is 0 Å². The Morgan fingerprint density at radius 2 is 2.08 bits per heavy atom. The molecular formula is C8H6Br2N2. The fraction of sp³-hybridized carbons (Fsp3) is 0.125. The second kappa shape index (κ2) is 3.92. The summed E-state index contributed by atoms with van der Waals surface area (Å²) >= 11 is 6.64. The average Bonchev–Trinajstić information content (AvgIpc) is 2.01. The van der Waals surface area contributed by atoms with Crippen molar-refractivity contribution < 1.29 is 0 Å². The number of nitrogens with zero attached hydrogens (tertiary/aromatic N) is 1. The predicted octanol–water partition coefficient (Wildman–Crippen LogP) is 2.86. The van der Waals surface area contributed by atoms with E-state index < -0.39 is 0 Å². The van der Waals surface area contributed by atoms with Crippen molar-refractivity contribution in [2.75, 3.05) is 5.73 Å². The second-order valence-electron chi connectivity index (χ2n) is 2.32. The van der Waals surface area contributed by atoms with Crippen LogP contribution in [0.3, 0.4) is 0 Å². The molecule has 1 rings (SSSR count). The molecule has 0 aromatic heterocycles. The molecule has 0 spiro atoms. The molecule has 0 heterocycles. The van der Waals surface area contributed by atoms with Crippen LogP contribution in [-0.2, 0) is 6.42 Å². The number of nitriles is 1. The lowest BCUT2D eigenvalue weighted by Gasteiger charge is -2.03. The summed E-state index contributed by atoms with van der Waals surface area (Å²) in [5.74, 6) is 0. The van der Waals surface area contributed by atoms with E-state index in [-0.39, 0.29) is 0 Å². The molecule has 1 aromatic rings. The lowest BCUT2D eigenvalue weighted by atomic mass is 10.1. The molecule has 0 radical (unpaired) electrons. The van der Waals surface area contributed by atoms with Crippen molar-refractivity contribution in [3.8, 4) is 6.07 Å². The van der Waals surface area contributed by atoms with Crippen LogP contribution < -0.4 is 5.73 Å². The van der Waals surface area contributed by atoms with Crippen LogP contribution in [0.25, 0.3) is 0 Å². The molecule has 0 atom stereocenters. The van der Waals surface area contributed by atoms with Gasteiger partial charge in [-0.1, -0.05) is 0 Å². The highest BCUT2D eigenvalue weighted by Crippen LogP contribution is 2.30. The summed E-state index contributed by atoms with van der Waals surface area (Å²) in [5.41, 5.74) is 7.23. The van der Waals surface area contributed by atoms with Crippen molar-refractivity contribution in [1.82, 2.24) is 0 Å². The van der Waals surface area contributed by atoms with Crippen LogP contribution >= 0.6 is 31.9 Å². The molecular weight excluding hydrogens is 284 g/mol. The molecule has 0 bridgehead atoms. The van der Waals surface area contributed by atoms with Crippen LogP contribution in [-0.4, -0.2) is 0 Å². The molecule has 0 aliphatic carbocycles. The van der Waals surface area contributed by atoms with Crippen molar-refractivity contribution in [2.45, 2.75) is 6.42 Å². The summed E-state index contributed by atoms with van der Waals surface area (Å²) in [6, 6.07) is 5.73. The maximum atomic E-state index is 8.45. The standard InChI is InChI=1S/C8H6Br2N2/c9-6-3-5(1-2-11)4-7(12)8(6)10/h3-4H,1,12H2. The summed E-state index contributed by atoms with van der Waals surface area (Å²) < 4.78 is 1.72. The highest BCUT2D eigenvalue weighted by Gasteiger charge is 2.03. The van der Waals surface area contributed by atoms with Gasteiger partial charge < -0.3 is 5.73 Å². The fourth-order valence-electron chi connectivity index (χ4n) is 0.862. The minimum absolute atomic E-state index is 0.385. The molecule has 12 heavy (non-hydrogen) atoms. The second-order valence-corrected chi connectivity index (χ2v) is 3.96. The van der Waals surface area contributed by atoms with E-state index in [0.29, 0.717) is 12.1 Å². The van der Waals surface area contributed by atoms with E-state index >= 15 is 0 Å². The Bertz CT molecular complexity index is 318. The quantitative estimate of drug-likeness (QED) is 0.808. The fourth-order valence-corrected chi connectivity index (χ4v) is 1.61. The first kappa shape index (κ1) is 9.56. The smallest absolute Gasteiger partial charge is 0.0669 e. The van der Waals surface area contributed by atoms with Crippen LogP contribution in [0.5, 0.6) is 0 Å². The number of hydrogen-bond acceptors (Lipinski definition) is 2. The van der Waals surface area contributed by atoms with E-state index in [1.165, 1.54) is 0 Å². The third kappa shape index (κ3) is 1.99. The minimum atomic E-state index is 0.385. The minimum Gasteiger partial charge on any atom is -0.398 e. The number of anilines is 1. The highest BCUT2D eigenvalue weighted by molar-refractivity contribution is 9.13. The maximum absolute atomic E-state index is 8.45. The SMILES string of the molecule is N#CCc1cc(N)c(Br)c(Br)c1. The zero-order chi connectivity index (χ0) is 9.14. The van der Waals surface area contributed by atoms with E-state index in [4.69, 9.17) is 11.0 Å². The zero-order valence-corrected chi connectivity index (χ0v) is 9.31. The van der Waals surface area contributed by atoms with Crippen molar-refractivity contribution >= 4 is 37.5 Å². The summed E-state index contributed by atoms with van der Waals surface area (Å²) in [7, 11) is 0. The number of nitrogens with two attached hydrogens (primary N) is 1. The number of hydrogen-bond donors (Lipinski definition) is 1. The van der Waals surface area contributed by atoms with Gasteiger partial charge in [0.15, 0.2) is 0 Å². The molecule has 0 aliphatic heterocycles. The first-order chi connectivity index (χ1) is 5.65.